The molecule has 0 saturated carbocycles. The van der Waals surface area contributed by atoms with Crippen LogP contribution in [-0.4, -0.2) is 37.7 Å². The number of hydrogen-bond donors (Lipinski definition) is 1. The van der Waals surface area contributed by atoms with Crippen molar-refractivity contribution in [1.82, 2.24) is 4.90 Å². The van der Waals surface area contributed by atoms with E-state index in [1.807, 2.05) is 25.8 Å². The van der Waals surface area contributed by atoms with Gasteiger partial charge in [-0.25, -0.2) is 8.78 Å². The molecule has 0 amide bonds. The fourth-order valence-electron chi connectivity index (χ4n) is 1.93. The van der Waals surface area contributed by atoms with Crippen LogP contribution in [0, 0.1) is 11.6 Å². The van der Waals surface area contributed by atoms with Crippen LogP contribution >= 0.6 is 0 Å². The van der Waals surface area contributed by atoms with Gasteiger partial charge in [-0.05, 0) is 38.6 Å². The number of ether oxygens (including phenoxy) is 1. The van der Waals surface area contributed by atoms with Crippen LogP contribution in [-0.2, 0) is 4.74 Å². The average Bonchev–Trinajstić information content (AvgIpc) is 2.27. The highest BCUT2D eigenvalue weighted by atomic mass is 19.1. The number of hydrogen-bond acceptors (Lipinski definition) is 3. The van der Waals surface area contributed by atoms with E-state index in [0.717, 1.165) is 6.07 Å². The SMILES string of the molecule is CC(C)OCCN(C)C(CN)c1cc(F)cc(F)c1. The van der Waals surface area contributed by atoms with Gasteiger partial charge >= 0.3 is 0 Å². The molecule has 0 spiro atoms. The van der Waals surface area contributed by atoms with E-state index in [2.05, 4.69) is 0 Å². The summed E-state index contributed by atoms with van der Waals surface area (Å²) in [5, 5.41) is 0. The number of halogens is 2. The van der Waals surface area contributed by atoms with Gasteiger partial charge < -0.3 is 10.5 Å². The van der Waals surface area contributed by atoms with Crippen molar-refractivity contribution in [2.45, 2.75) is 26.0 Å². The van der Waals surface area contributed by atoms with Gasteiger partial charge in [-0.2, -0.15) is 0 Å². The molecule has 0 heterocycles. The average molecular weight is 272 g/mol. The van der Waals surface area contributed by atoms with Crippen molar-refractivity contribution < 1.29 is 13.5 Å². The van der Waals surface area contributed by atoms with Gasteiger partial charge in [0.05, 0.1) is 12.7 Å². The van der Waals surface area contributed by atoms with Crippen LogP contribution in [0.5, 0.6) is 0 Å². The van der Waals surface area contributed by atoms with Crippen LogP contribution in [0.25, 0.3) is 0 Å². The maximum absolute atomic E-state index is 13.2. The summed E-state index contributed by atoms with van der Waals surface area (Å²) in [5.41, 5.74) is 6.26. The zero-order chi connectivity index (χ0) is 14.4. The molecule has 1 aromatic carbocycles. The first kappa shape index (κ1) is 16.0. The third kappa shape index (κ3) is 5.22. The van der Waals surface area contributed by atoms with Crippen molar-refractivity contribution in [3.63, 3.8) is 0 Å². The first-order chi connectivity index (χ1) is 8.93. The van der Waals surface area contributed by atoms with E-state index in [4.69, 9.17) is 10.5 Å². The molecule has 0 aromatic heterocycles. The molecule has 0 aliphatic heterocycles. The first-order valence-corrected chi connectivity index (χ1v) is 6.42. The topological polar surface area (TPSA) is 38.5 Å². The lowest BCUT2D eigenvalue weighted by Gasteiger charge is -2.27. The zero-order valence-electron chi connectivity index (χ0n) is 11.7. The van der Waals surface area contributed by atoms with E-state index in [0.29, 0.717) is 25.3 Å². The fourth-order valence-corrected chi connectivity index (χ4v) is 1.93. The highest BCUT2D eigenvalue weighted by Gasteiger charge is 2.17. The molecule has 19 heavy (non-hydrogen) atoms. The summed E-state index contributed by atoms with van der Waals surface area (Å²) in [6.45, 7) is 5.42. The highest BCUT2D eigenvalue weighted by molar-refractivity contribution is 5.21. The van der Waals surface area contributed by atoms with Crippen molar-refractivity contribution >= 4 is 0 Å². The minimum Gasteiger partial charge on any atom is -0.377 e. The Labute approximate surface area is 113 Å². The molecule has 1 aromatic rings. The lowest BCUT2D eigenvalue weighted by atomic mass is 10.1. The lowest BCUT2D eigenvalue weighted by molar-refractivity contribution is 0.0564. The first-order valence-electron chi connectivity index (χ1n) is 6.42. The third-order valence-electron chi connectivity index (χ3n) is 2.92. The number of likely N-dealkylation sites (N-methyl/N-ethyl adjacent to an activating group) is 1. The zero-order valence-corrected chi connectivity index (χ0v) is 11.7. The number of rotatable bonds is 7. The second-order valence-corrected chi connectivity index (χ2v) is 4.85. The Hall–Kier alpha value is -1.04. The summed E-state index contributed by atoms with van der Waals surface area (Å²) in [5.74, 6) is -1.17. The molecule has 1 unspecified atom stereocenters. The van der Waals surface area contributed by atoms with Gasteiger partial charge in [-0.1, -0.05) is 0 Å². The Morgan fingerprint density at radius 1 is 1.21 bits per heavy atom. The Morgan fingerprint density at radius 3 is 2.26 bits per heavy atom. The van der Waals surface area contributed by atoms with Crippen LogP contribution in [0.1, 0.15) is 25.5 Å². The monoisotopic (exact) mass is 272 g/mol. The largest absolute Gasteiger partial charge is 0.377 e. The van der Waals surface area contributed by atoms with E-state index in [1.165, 1.54) is 12.1 Å². The standard InChI is InChI=1S/C14H22F2N2O/c1-10(2)19-5-4-18(3)14(9-17)11-6-12(15)8-13(16)7-11/h6-8,10,14H,4-5,9,17H2,1-3H3. The number of benzene rings is 1. The molecule has 0 radical (unpaired) electrons. The molecule has 0 bridgehead atoms. The second kappa shape index (κ2) is 7.53. The molecule has 5 heteroatoms. The maximum Gasteiger partial charge on any atom is 0.126 e. The second-order valence-electron chi connectivity index (χ2n) is 4.85. The molecule has 1 rings (SSSR count). The predicted molar refractivity (Wildman–Crippen MR) is 71.9 cm³/mol. The van der Waals surface area contributed by atoms with Crippen molar-refractivity contribution in [2.75, 3.05) is 26.7 Å². The van der Waals surface area contributed by atoms with E-state index in [9.17, 15) is 8.78 Å². The molecule has 0 aliphatic rings. The van der Waals surface area contributed by atoms with E-state index in [-0.39, 0.29) is 12.1 Å². The fraction of sp³-hybridized carbons (Fsp3) is 0.571. The Kier molecular flexibility index (Phi) is 6.34. The maximum atomic E-state index is 13.2. The summed E-state index contributed by atoms with van der Waals surface area (Å²) in [6.07, 6.45) is 0.163. The van der Waals surface area contributed by atoms with Crippen molar-refractivity contribution in [3.05, 3.63) is 35.4 Å². The third-order valence-corrected chi connectivity index (χ3v) is 2.92. The predicted octanol–water partition coefficient (Wildman–Crippen LogP) is 2.32. The van der Waals surface area contributed by atoms with Crippen molar-refractivity contribution in [2.24, 2.45) is 5.73 Å². The number of nitrogens with zero attached hydrogens (tertiary/aromatic N) is 1. The van der Waals surface area contributed by atoms with Gasteiger partial charge in [-0.3, -0.25) is 4.90 Å². The van der Waals surface area contributed by atoms with Crippen LogP contribution in [0.2, 0.25) is 0 Å². The normalized spacial score (nSPS) is 13.3. The molecular formula is C14H22F2N2O. The quantitative estimate of drug-likeness (QED) is 0.828. The molecule has 3 nitrogen and oxygen atoms in total. The Balaban J connectivity index is 2.70. The smallest absolute Gasteiger partial charge is 0.126 e. The Morgan fingerprint density at radius 2 is 1.79 bits per heavy atom. The number of nitrogens with two attached hydrogens (primary N) is 1. The van der Waals surface area contributed by atoms with Crippen molar-refractivity contribution in [1.29, 1.82) is 0 Å². The summed E-state index contributed by atoms with van der Waals surface area (Å²) >= 11 is 0. The molecule has 0 fully saturated rings. The van der Waals surface area contributed by atoms with Gasteiger partial charge in [0.25, 0.3) is 0 Å². The van der Waals surface area contributed by atoms with Gasteiger partial charge in [0.2, 0.25) is 0 Å². The highest BCUT2D eigenvalue weighted by Crippen LogP contribution is 2.20. The summed E-state index contributed by atoms with van der Waals surface area (Å²) in [4.78, 5) is 1.94. The summed E-state index contributed by atoms with van der Waals surface area (Å²) in [6, 6.07) is 3.28. The van der Waals surface area contributed by atoms with Gasteiger partial charge in [0.1, 0.15) is 11.6 Å². The van der Waals surface area contributed by atoms with E-state index in [1.54, 1.807) is 0 Å². The van der Waals surface area contributed by atoms with Gasteiger partial charge in [0, 0.05) is 25.2 Å². The molecule has 108 valence electrons. The van der Waals surface area contributed by atoms with E-state index >= 15 is 0 Å². The van der Waals surface area contributed by atoms with E-state index < -0.39 is 11.6 Å². The van der Waals surface area contributed by atoms with Crippen LogP contribution in [0.15, 0.2) is 18.2 Å². The molecule has 0 aliphatic carbocycles. The van der Waals surface area contributed by atoms with Crippen LogP contribution in [0.3, 0.4) is 0 Å². The molecule has 1 atom stereocenters. The van der Waals surface area contributed by atoms with Crippen LogP contribution < -0.4 is 5.73 Å². The molecule has 2 N–H and O–H groups in total. The van der Waals surface area contributed by atoms with Crippen molar-refractivity contribution in [3.8, 4) is 0 Å². The van der Waals surface area contributed by atoms with Gasteiger partial charge in [-0.15, -0.1) is 0 Å². The lowest BCUT2D eigenvalue weighted by Crippen LogP contribution is -2.33. The minimum absolute atomic E-state index is 0.163. The summed E-state index contributed by atoms with van der Waals surface area (Å²) in [7, 11) is 1.87. The van der Waals surface area contributed by atoms with Crippen LogP contribution in [0.4, 0.5) is 8.78 Å². The molecular weight excluding hydrogens is 250 g/mol. The van der Waals surface area contributed by atoms with Gasteiger partial charge in [0.15, 0.2) is 0 Å². The Bertz CT molecular complexity index is 379. The summed E-state index contributed by atoms with van der Waals surface area (Å²) < 4.78 is 31.9. The molecule has 0 saturated heterocycles. The minimum atomic E-state index is -0.583.